The first-order valence-corrected chi connectivity index (χ1v) is 16.3. The molecule has 9 aromatic rings. The zero-order valence-corrected chi connectivity index (χ0v) is 26.3. The highest BCUT2D eigenvalue weighted by atomic mass is 32.1. The molecule has 0 fully saturated rings. The smallest absolute Gasteiger partial charge is 0.0979 e. The number of fused-ring (bicyclic) bond motifs is 9. The first kappa shape index (κ1) is 27.9. The molecule has 7 aromatic carbocycles. The molecule has 0 aliphatic heterocycles. The van der Waals surface area contributed by atoms with Crippen molar-refractivity contribution in [1.82, 2.24) is 9.97 Å². The van der Waals surface area contributed by atoms with Crippen molar-refractivity contribution in [2.75, 3.05) is 0 Å². The standard InChI is InChI=1S/C40H24N2S.C3H6/c1-3-17-33-30(14-1)31-15-2-4-18-34(31)39-38(33)41-24-36(42-39)28-13-8-11-26(23-28)25-10-7-12-27(22-25)29-19-9-20-35-32-16-5-6-21-37(32)43-40(29)35;1-3-2/h1-24H;3H,1H2,2H3. The van der Waals surface area contributed by atoms with Gasteiger partial charge in [-0.05, 0) is 58.1 Å². The molecule has 0 radical (unpaired) electrons. The number of nitrogens with zero attached hydrogens (tertiary/aromatic N) is 2. The van der Waals surface area contributed by atoms with Crippen LogP contribution in [0.25, 0.3) is 86.3 Å². The second-order valence-corrected chi connectivity index (χ2v) is 12.4. The Morgan fingerprint density at radius 2 is 1.04 bits per heavy atom. The second kappa shape index (κ2) is 11.7. The first-order valence-electron chi connectivity index (χ1n) is 15.5. The van der Waals surface area contributed by atoms with Crippen LogP contribution in [-0.2, 0) is 0 Å². The van der Waals surface area contributed by atoms with E-state index < -0.39 is 0 Å². The summed E-state index contributed by atoms with van der Waals surface area (Å²) in [5, 5.41) is 7.32. The molecule has 2 aromatic heterocycles. The Bertz CT molecular complexity index is 2540. The third-order valence-corrected chi connectivity index (χ3v) is 9.72. The molecule has 2 heterocycles. The van der Waals surface area contributed by atoms with Crippen molar-refractivity contribution in [3.8, 4) is 33.5 Å². The summed E-state index contributed by atoms with van der Waals surface area (Å²) in [6.07, 6.45) is 3.67. The van der Waals surface area contributed by atoms with E-state index in [1.54, 1.807) is 6.08 Å². The van der Waals surface area contributed by atoms with Gasteiger partial charge in [0.05, 0.1) is 22.9 Å². The third-order valence-electron chi connectivity index (χ3n) is 8.50. The van der Waals surface area contributed by atoms with Gasteiger partial charge in [-0.15, -0.1) is 17.9 Å². The van der Waals surface area contributed by atoms with Crippen LogP contribution in [-0.4, -0.2) is 9.97 Å². The van der Waals surface area contributed by atoms with E-state index in [-0.39, 0.29) is 0 Å². The average molecular weight is 607 g/mol. The molecule has 0 bridgehead atoms. The fourth-order valence-corrected chi connectivity index (χ4v) is 7.70. The van der Waals surface area contributed by atoms with Gasteiger partial charge in [0.1, 0.15) is 0 Å². The minimum Gasteiger partial charge on any atom is -0.252 e. The molecule has 218 valence electrons. The highest BCUT2D eigenvalue weighted by Gasteiger charge is 2.14. The summed E-state index contributed by atoms with van der Waals surface area (Å²) >= 11 is 1.87. The molecule has 0 atom stereocenters. The molecule has 46 heavy (non-hydrogen) atoms. The molecule has 2 nitrogen and oxygen atoms in total. The summed E-state index contributed by atoms with van der Waals surface area (Å²) < 4.78 is 2.66. The fraction of sp³-hybridized carbons (Fsp3) is 0.0233. The SMILES string of the molecule is C=CC.c1cc(-c2cccc(-c3cccc4c3sc3ccccc34)c2)cc(-c2cnc3c4ccccc4c4ccccc4c3n2)c1. The Kier molecular flexibility index (Phi) is 7.09. The van der Waals surface area contributed by atoms with Crippen LogP contribution >= 0.6 is 11.3 Å². The number of hydrogen-bond donors (Lipinski definition) is 0. The summed E-state index contributed by atoms with van der Waals surface area (Å²) in [7, 11) is 0. The van der Waals surface area contributed by atoms with Gasteiger partial charge in [0.15, 0.2) is 0 Å². The normalized spacial score (nSPS) is 11.2. The predicted molar refractivity (Wildman–Crippen MR) is 200 cm³/mol. The van der Waals surface area contributed by atoms with Crippen molar-refractivity contribution < 1.29 is 0 Å². The quantitative estimate of drug-likeness (QED) is 0.148. The fourth-order valence-electron chi connectivity index (χ4n) is 6.46. The summed E-state index contributed by atoms with van der Waals surface area (Å²) in [5.74, 6) is 0. The first-order chi connectivity index (χ1) is 22.7. The van der Waals surface area contributed by atoms with E-state index >= 15 is 0 Å². The second-order valence-electron chi connectivity index (χ2n) is 11.4. The third kappa shape index (κ3) is 4.73. The molecule has 0 spiro atoms. The molecule has 0 N–H and O–H groups in total. The lowest BCUT2D eigenvalue weighted by Crippen LogP contribution is -1.92. The van der Waals surface area contributed by atoms with Crippen LogP contribution in [0, 0.1) is 0 Å². The molecule has 0 unspecified atom stereocenters. The zero-order chi connectivity index (χ0) is 31.0. The Labute approximate surface area is 272 Å². The lowest BCUT2D eigenvalue weighted by Gasteiger charge is -2.11. The van der Waals surface area contributed by atoms with E-state index in [9.17, 15) is 0 Å². The Morgan fingerprint density at radius 3 is 1.76 bits per heavy atom. The van der Waals surface area contributed by atoms with E-state index in [2.05, 4.69) is 146 Å². The topological polar surface area (TPSA) is 25.8 Å². The van der Waals surface area contributed by atoms with Gasteiger partial charge < -0.3 is 0 Å². The van der Waals surface area contributed by atoms with Crippen LogP contribution in [0.4, 0.5) is 0 Å². The largest absolute Gasteiger partial charge is 0.252 e. The molecular weight excluding hydrogens is 577 g/mol. The highest BCUT2D eigenvalue weighted by Crippen LogP contribution is 2.41. The van der Waals surface area contributed by atoms with Crippen molar-refractivity contribution in [2.45, 2.75) is 6.92 Å². The van der Waals surface area contributed by atoms with Crippen molar-refractivity contribution in [3.05, 3.63) is 158 Å². The lowest BCUT2D eigenvalue weighted by molar-refractivity contribution is 1.31. The maximum absolute atomic E-state index is 5.22. The number of allylic oxidation sites excluding steroid dienone is 1. The maximum Gasteiger partial charge on any atom is 0.0979 e. The summed E-state index contributed by atoms with van der Waals surface area (Å²) in [6, 6.07) is 49.9. The maximum atomic E-state index is 5.22. The van der Waals surface area contributed by atoms with Crippen molar-refractivity contribution in [2.24, 2.45) is 0 Å². The minimum atomic E-state index is 0.876. The average Bonchev–Trinajstić information content (AvgIpc) is 3.51. The van der Waals surface area contributed by atoms with Gasteiger partial charge in [0.2, 0.25) is 0 Å². The molecule has 0 saturated heterocycles. The van der Waals surface area contributed by atoms with Crippen molar-refractivity contribution in [1.29, 1.82) is 0 Å². The van der Waals surface area contributed by atoms with Gasteiger partial charge in [-0.3, -0.25) is 4.98 Å². The van der Waals surface area contributed by atoms with E-state index in [1.807, 2.05) is 24.5 Å². The number of aromatic nitrogens is 2. The minimum absolute atomic E-state index is 0.876. The number of rotatable bonds is 3. The van der Waals surface area contributed by atoms with Gasteiger partial charge in [-0.1, -0.05) is 127 Å². The Hall–Kier alpha value is -5.64. The van der Waals surface area contributed by atoms with Crippen molar-refractivity contribution in [3.63, 3.8) is 0 Å². The van der Waals surface area contributed by atoms with Gasteiger partial charge in [0, 0.05) is 36.5 Å². The predicted octanol–water partition coefficient (Wildman–Crippen LogP) is 12.5. The van der Waals surface area contributed by atoms with Crippen LogP contribution < -0.4 is 0 Å². The lowest BCUT2D eigenvalue weighted by atomic mass is 9.96. The number of benzene rings is 7. The van der Waals surface area contributed by atoms with Gasteiger partial charge in [-0.25, -0.2) is 4.98 Å². The molecule has 9 rings (SSSR count). The van der Waals surface area contributed by atoms with E-state index in [4.69, 9.17) is 9.97 Å². The number of thiophene rings is 1. The van der Waals surface area contributed by atoms with Crippen LogP contribution in [0.2, 0.25) is 0 Å². The molecule has 3 heteroatoms. The monoisotopic (exact) mass is 606 g/mol. The van der Waals surface area contributed by atoms with Gasteiger partial charge >= 0.3 is 0 Å². The Balaban J connectivity index is 0.00000100. The van der Waals surface area contributed by atoms with E-state index in [1.165, 1.54) is 47.6 Å². The van der Waals surface area contributed by atoms with Crippen LogP contribution in [0.15, 0.2) is 158 Å². The highest BCUT2D eigenvalue weighted by molar-refractivity contribution is 7.26. The van der Waals surface area contributed by atoms with E-state index in [0.717, 1.165) is 38.6 Å². The summed E-state index contributed by atoms with van der Waals surface area (Å²) in [4.78, 5) is 10.2. The number of hydrogen-bond acceptors (Lipinski definition) is 3. The van der Waals surface area contributed by atoms with E-state index in [0.29, 0.717) is 0 Å². The molecule has 0 saturated carbocycles. The molecule has 0 aliphatic carbocycles. The zero-order valence-electron chi connectivity index (χ0n) is 25.4. The molecule has 0 amide bonds. The molecule has 0 aliphatic rings. The summed E-state index contributed by atoms with van der Waals surface area (Å²) in [5.41, 5.74) is 8.66. The van der Waals surface area contributed by atoms with Crippen LogP contribution in [0.5, 0.6) is 0 Å². The van der Waals surface area contributed by atoms with Crippen LogP contribution in [0.1, 0.15) is 6.92 Å². The molecular formula is C43H30N2S. The Morgan fingerprint density at radius 1 is 0.522 bits per heavy atom. The van der Waals surface area contributed by atoms with Gasteiger partial charge in [-0.2, -0.15) is 0 Å². The van der Waals surface area contributed by atoms with Crippen molar-refractivity contribution >= 4 is 64.1 Å². The van der Waals surface area contributed by atoms with Crippen LogP contribution in [0.3, 0.4) is 0 Å². The summed E-state index contributed by atoms with van der Waals surface area (Å²) in [6.45, 7) is 5.25. The van der Waals surface area contributed by atoms with Gasteiger partial charge in [0.25, 0.3) is 0 Å².